The van der Waals surface area contributed by atoms with Crippen LogP contribution >= 0.6 is 23.2 Å². The lowest BCUT2D eigenvalue weighted by Gasteiger charge is -2.29. The molecule has 0 saturated carbocycles. The first-order chi connectivity index (χ1) is 9.15. The number of nitrogens with zero attached hydrogens (tertiary/aromatic N) is 2. The van der Waals surface area contributed by atoms with Gasteiger partial charge in [-0.15, -0.1) is 0 Å². The molecular weight excluding hydrogens is 289 g/mol. The minimum absolute atomic E-state index is 0.243. The molecule has 0 spiro atoms. The Hall–Kier alpha value is -1.14. The number of alkyl halides is 1. The molecule has 0 radical (unpaired) electrons. The smallest absolute Gasteiger partial charge is 0.271 e. The van der Waals surface area contributed by atoms with E-state index in [2.05, 4.69) is 10.3 Å². The van der Waals surface area contributed by atoms with E-state index in [-0.39, 0.29) is 5.56 Å². The number of halogens is 2. The van der Waals surface area contributed by atoms with Gasteiger partial charge < -0.3 is 10.1 Å². The lowest BCUT2D eigenvalue weighted by atomic mass is 10.3. The highest BCUT2D eigenvalue weighted by atomic mass is 35.5. The molecule has 1 aromatic carbocycles. The predicted molar refractivity (Wildman–Crippen MR) is 73.6 cm³/mol. The second-order valence-corrected chi connectivity index (χ2v) is 5.18. The summed E-state index contributed by atoms with van der Waals surface area (Å²) in [6, 6.07) is 5.20. The number of fused-ring (bicyclic) bond motifs is 1. The van der Waals surface area contributed by atoms with E-state index in [1.165, 1.54) is 10.8 Å². The van der Waals surface area contributed by atoms with E-state index in [1.54, 1.807) is 18.2 Å². The van der Waals surface area contributed by atoms with Crippen LogP contribution in [-0.2, 0) is 4.74 Å². The van der Waals surface area contributed by atoms with E-state index in [0.29, 0.717) is 29.1 Å². The van der Waals surface area contributed by atoms with E-state index in [9.17, 15) is 4.79 Å². The second-order valence-electron chi connectivity index (χ2n) is 4.26. The Morgan fingerprint density at radius 1 is 1.42 bits per heavy atom. The molecule has 0 amide bonds. The molecule has 1 N–H and O–H groups in total. The third-order valence-electron chi connectivity index (χ3n) is 2.97. The van der Waals surface area contributed by atoms with E-state index in [1.807, 2.05) is 0 Å². The monoisotopic (exact) mass is 299 g/mol. The van der Waals surface area contributed by atoms with Gasteiger partial charge in [0.25, 0.3) is 5.56 Å². The second kappa shape index (κ2) is 5.09. The van der Waals surface area contributed by atoms with Gasteiger partial charge in [-0.25, -0.2) is 4.98 Å². The van der Waals surface area contributed by atoms with Crippen molar-refractivity contribution in [3.8, 4) is 0 Å². The lowest BCUT2D eigenvalue weighted by molar-refractivity contribution is -0.0397. The summed E-state index contributed by atoms with van der Waals surface area (Å²) in [5, 5.41) is 3.66. The van der Waals surface area contributed by atoms with Crippen molar-refractivity contribution >= 4 is 34.2 Å². The summed E-state index contributed by atoms with van der Waals surface area (Å²) in [6.07, 6.45) is 0.810. The molecule has 2 heterocycles. The van der Waals surface area contributed by atoms with Crippen LogP contribution < -0.4 is 10.9 Å². The fraction of sp³-hybridized carbons (Fsp3) is 0.333. The van der Waals surface area contributed by atoms with Crippen LogP contribution in [0.4, 0.5) is 0 Å². The molecule has 2 atom stereocenters. The molecule has 5 nitrogen and oxygen atoms in total. The van der Waals surface area contributed by atoms with Gasteiger partial charge in [0.15, 0.2) is 6.23 Å². The number of benzene rings is 1. The highest BCUT2D eigenvalue weighted by Gasteiger charge is 2.23. The summed E-state index contributed by atoms with van der Waals surface area (Å²) in [5.41, 5.74) is 0.613. The van der Waals surface area contributed by atoms with Crippen LogP contribution in [0.1, 0.15) is 6.23 Å². The van der Waals surface area contributed by atoms with Gasteiger partial charge in [-0.3, -0.25) is 9.36 Å². The lowest BCUT2D eigenvalue weighted by Crippen LogP contribution is -2.43. The molecule has 2 aromatic rings. The molecule has 1 aromatic heterocycles. The Morgan fingerprint density at radius 2 is 2.26 bits per heavy atom. The molecule has 1 fully saturated rings. The molecule has 1 aliphatic rings. The molecule has 19 heavy (non-hydrogen) atoms. The normalized spacial score (nSPS) is 23.7. The van der Waals surface area contributed by atoms with Crippen LogP contribution in [0.3, 0.4) is 0 Å². The van der Waals surface area contributed by atoms with E-state index in [4.69, 9.17) is 27.9 Å². The number of morpholine rings is 1. The number of hydrogen-bond donors (Lipinski definition) is 1. The topological polar surface area (TPSA) is 56.2 Å². The summed E-state index contributed by atoms with van der Waals surface area (Å²) >= 11 is 11.9. The van der Waals surface area contributed by atoms with Crippen LogP contribution in [0.15, 0.2) is 29.2 Å². The zero-order chi connectivity index (χ0) is 13.4. The van der Waals surface area contributed by atoms with Gasteiger partial charge in [0, 0.05) is 18.1 Å². The van der Waals surface area contributed by atoms with E-state index < -0.39 is 11.8 Å². The Bertz CT molecular complexity index is 674. The Labute approximate surface area is 119 Å². The Balaban J connectivity index is 2.18. The Kier molecular flexibility index (Phi) is 3.45. The fourth-order valence-corrected chi connectivity index (χ4v) is 2.53. The maximum Gasteiger partial charge on any atom is 0.271 e. The van der Waals surface area contributed by atoms with Gasteiger partial charge in [0.1, 0.15) is 5.56 Å². The third-order valence-corrected chi connectivity index (χ3v) is 3.46. The van der Waals surface area contributed by atoms with E-state index in [0.717, 1.165) is 0 Å². The van der Waals surface area contributed by atoms with Gasteiger partial charge in [0.2, 0.25) is 0 Å². The molecule has 1 aliphatic heterocycles. The Morgan fingerprint density at radius 3 is 3.05 bits per heavy atom. The van der Waals surface area contributed by atoms with Crippen molar-refractivity contribution in [3.05, 3.63) is 39.8 Å². The van der Waals surface area contributed by atoms with Crippen molar-refractivity contribution in [2.24, 2.45) is 0 Å². The maximum absolute atomic E-state index is 12.1. The minimum atomic E-state index is -0.465. The largest absolute Gasteiger partial charge is 0.336 e. The number of rotatable bonds is 1. The highest BCUT2D eigenvalue weighted by Crippen LogP contribution is 2.22. The average molecular weight is 300 g/mol. The van der Waals surface area contributed by atoms with Crippen molar-refractivity contribution in [1.29, 1.82) is 0 Å². The molecule has 100 valence electrons. The van der Waals surface area contributed by atoms with Crippen molar-refractivity contribution in [2.45, 2.75) is 11.8 Å². The van der Waals surface area contributed by atoms with Gasteiger partial charge in [-0.2, -0.15) is 0 Å². The zero-order valence-corrected chi connectivity index (χ0v) is 11.4. The van der Waals surface area contributed by atoms with E-state index >= 15 is 0 Å². The highest BCUT2D eigenvalue weighted by molar-refractivity contribution is 6.31. The molecule has 3 rings (SSSR count). The van der Waals surface area contributed by atoms with Crippen molar-refractivity contribution in [3.63, 3.8) is 0 Å². The van der Waals surface area contributed by atoms with Gasteiger partial charge in [-0.05, 0) is 18.2 Å². The first-order valence-corrected chi connectivity index (χ1v) is 6.63. The standard InChI is InChI=1S/C12H11Cl2N3O2/c13-7-1-2-8-9(3-7)17(11(18)5-16-8)12-6-15-4-10(14)19-12/h1-3,5,10,12,15H,4,6H2. The summed E-state index contributed by atoms with van der Waals surface area (Å²) in [5.74, 6) is 0. The predicted octanol–water partition coefficient (Wildman–Crippen LogP) is 1.73. The number of hydrogen-bond acceptors (Lipinski definition) is 4. The van der Waals surface area contributed by atoms with Crippen molar-refractivity contribution in [1.82, 2.24) is 14.9 Å². The molecule has 7 heteroatoms. The van der Waals surface area contributed by atoms with Crippen LogP contribution in [-0.4, -0.2) is 28.2 Å². The molecular formula is C12H11Cl2N3O2. The molecule has 0 bridgehead atoms. The van der Waals surface area contributed by atoms with Crippen LogP contribution in [0.25, 0.3) is 11.0 Å². The SMILES string of the molecule is O=c1cnc2ccc(Cl)cc2n1C1CNCC(Cl)O1. The molecule has 0 aliphatic carbocycles. The summed E-state index contributed by atoms with van der Waals surface area (Å²) in [4.78, 5) is 16.2. The fourth-order valence-electron chi connectivity index (χ4n) is 2.14. The third kappa shape index (κ3) is 2.47. The minimum Gasteiger partial charge on any atom is -0.336 e. The van der Waals surface area contributed by atoms with Crippen molar-refractivity contribution in [2.75, 3.05) is 13.1 Å². The van der Waals surface area contributed by atoms with Crippen LogP contribution in [0.2, 0.25) is 5.02 Å². The number of aromatic nitrogens is 2. The molecule has 2 unspecified atom stereocenters. The molecule has 1 saturated heterocycles. The van der Waals surface area contributed by atoms with Gasteiger partial charge >= 0.3 is 0 Å². The first kappa shape index (κ1) is 12.9. The summed E-state index contributed by atoms with van der Waals surface area (Å²) in [6.45, 7) is 1.06. The first-order valence-electron chi connectivity index (χ1n) is 5.82. The van der Waals surface area contributed by atoms with Gasteiger partial charge in [0.05, 0.1) is 17.2 Å². The number of nitrogens with one attached hydrogen (secondary N) is 1. The number of ether oxygens (including phenoxy) is 1. The van der Waals surface area contributed by atoms with Crippen LogP contribution in [0, 0.1) is 0 Å². The average Bonchev–Trinajstić information content (AvgIpc) is 2.38. The zero-order valence-electron chi connectivity index (χ0n) is 9.85. The summed E-state index contributed by atoms with van der Waals surface area (Å²) < 4.78 is 7.12. The van der Waals surface area contributed by atoms with Crippen LogP contribution in [0.5, 0.6) is 0 Å². The van der Waals surface area contributed by atoms with Crippen molar-refractivity contribution < 1.29 is 4.74 Å². The summed E-state index contributed by atoms with van der Waals surface area (Å²) in [7, 11) is 0. The maximum atomic E-state index is 12.1. The van der Waals surface area contributed by atoms with Gasteiger partial charge in [-0.1, -0.05) is 23.2 Å². The quantitative estimate of drug-likeness (QED) is 0.815.